The van der Waals surface area contributed by atoms with Gasteiger partial charge in [-0.05, 0) is 92.3 Å². The molecule has 3 heteroatoms. The highest BCUT2D eigenvalue weighted by Crippen LogP contribution is 2.67. The average molecular weight is 431 g/mol. The van der Waals surface area contributed by atoms with Crippen molar-refractivity contribution >= 4 is 0 Å². The first kappa shape index (κ1) is 21.4. The number of quaternary nitrogens is 1. The molecule has 0 aromatic rings. The number of hydrogen-bond donors (Lipinski definition) is 2. The minimum absolute atomic E-state index is 0.181. The molecule has 4 aliphatic carbocycles. The molecule has 0 bridgehead atoms. The van der Waals surface area contributed by atoms with Crippen LogP contribution in [0, 0.1) is 58.7 Å². The van der Waals surface area contributed by atoms with Crippen LogP contribution in [0.1, 0.15) is 78.6 Å². The van der Waals surface area contributed by atoms with Gasteiger partial charge in [0.15, 0.2) is 0 Å². The zero-order chi connectivity index (χ0) is 21.7. The van der Waals surface area contributed by atoms with Crippen molar-refractivity contribution in [1.29, 1.82) is 0 Å². The van der Waals surface area contributed by atoms with Crippen LogP contribution in [0.25, 0.3) is 0 Å². The van der Waals surface area contributed by atoms with E-state index < -0.39 is 0 Å². The smallest absolute Gasteiger partial charge is 0.0917 e. The normalized spacial score (nSPS) is 63.3. The zero-order valence-electron chi connectivity index (χ0n) is 20.5. The molecule has 176 valence electrons. The third-order valence-corrected chi connectivity index (χ3v) is 12.7. The third-order valence-electron chi connectivity index (χ3n) is 12.7. The van der Waals surface area contributed by atoms with E-state index in [2.05, 4.69) is 27.8 Å². The highest BCUT2D eigenvalue weighted by molar-refractivity contribution is 5.11. The molecule has 2 heterocycles. The Morgan fingerprint density at radius 2 is 1.52 bits per heavy atom. The Morgan fingerprint density at radius 1 is 0.742 bits per heavy atom. The first-order chi connectivity index (χ1) is 14.7. The van der Waals surface area contributed by atoms with E-state index in [4.69, 9.17) is 0 Å². The van der Waals surface area contributed by atoms with Crippen LogP contribution in [0.15, 0.2) is 0 Å². The van der Waals surface area contributed by atoms with Crippen LogP contribution in [-0.4, -0.2) is 53.1 Å². The van der Waals surface area contributed by atoms with Crippen LogP contribution in [0.3, 0.4) is 0 Å². The van der Waals surface area contributed by atoms with E-state index in [9.17, 15) is 10.2 Å². The summed E-state index contributed by atoms with van der Waals surface area (Å²) in [5.41, 5.74) is 0.259. The van der Waals surface area contributed by atoms with E-state index in [-0.39, 0.29) is 17.6 Å². The summed E-state index contributed by atoms with van der Waals surface area (Å²) in [6.07, 6.45) is 10.8. The minimum Gasteiger partial charge on any atom is -0.393 e. The van der Waals surface area contributed by atoms with Crippen LogP contribution in [0.2, 0.25) is 0 Å². The average Bonchev–Trinajstić information content (AvgIpc) is 3.09. The number of aliphatic hydroxyl groups is 2. The maximum Gasteiger partial charge on any atom is 0.0917 e. The summed E-state index contributed by atoms with van der Waals surface area (Å²) in [5.74, 6) is 7.28. The lowest BCUT2D eigenvalue weighted by Crippen LogP contribution is -2.67. The molecule has 0 spiro atoms. The Kier molecular flexibility index (Phi) is 4.97. The number of hydrogen-bond acceptors (Lipinski definition) is 2. The molecule has 2 aliphatic heterocycles. The Balaban J connectivity index is 1.30. The summed E-state index contributed by atoms with van der Waals surface area (Å²) >= 11 is 0. The van der Waals surface area contributed by atoms with Crippen molar-refractivity contribution in [3.63, 3.8) is 0 Å². The highest BCUT2D eigenvalue weighted by Gasteiger charge is 2.64. The van der Waals surface area contributed by atoms with Gasteiger partial charge in [-0.25, -0.2) is 0 Å². The van der Waals surface area contributed by atoms with Crippen molar-refractivity contribution in [3.05, 3.63) is 0 Å². The van der Waals surface area contributed by atoms with Gasteiger partial charge in [-0.15, -0.1) is 0 Å². The van der Waals surface area contributed by atoms with Crippen molar-refractivity contribution in [2.24, 2.45) is 58.7 Å². The number of aliphatic hydroxyl groups excluding tert-OH is 2. The lowest BCUT2D eigenvalue weighted by Gasteiger charge is -2.60. The van der Waals surface area contributed by atoms with Gasteiger partial charge < -0.3 is 14.7 Å². The third kappa shape index (κ3) is 3.01. The van der Waals surface area contributed by atoms with Crippen LogP contribution in [0.5, 0.6) is 0 Å². The summed E-state index contributed by atoms with van der Waals surface area (Å²) in [4.78, 5) is 0. The van der Waals surface area contributed by atoms with Crippen molar-refractivity contribution in [3.8, 4) is 0 Å². The maximum atomic E-state index is 11.2. The van der Waals surface area contributed by atoms with Crippen molar-refractivity contribution in [2.75, 3.05) is 20.1 Å². The van der Waals surface area contributed by atoms with Gasteiger partial charge in [-0.1, -0.05) is 20.8 Å². The van der Waals surface area contributed by atoms with Crippen molar-refractivity contribution in [2.45, 2.75) is 96.8 Å². The lowest BCUT2D eigenvalue weighted by atomic mass is 9.51. The van der Waals surface area contributed by atoms with Gasteiger partial charge in [0.2, 0.25) is 0 Å². The number of fused-ring (bicyclic) bond motifs is 8. The molecule has 6 aliphatic rings. The van der Waals surface area contributed by atoms with E-state index >= 15 is 0 Å². The molecule has 2 N–H and O–H groups in total. The summed E-state index contributed by atoms with van der Waals surface area (Å²) in [5, 5.41) is 21.6. The first-order valence-corrected chi connectivity index (χ1v) is 13.9. The molecule has 0 aromatic carbocycles. The molecule has 0 aromatic heterocycles. The van der Waals surface area contributed by atoms with Gasteiger partial charge in [0.05, 0.1) is 38.4 Å². The molecule has 14 atom stereocenters. The van der Waals surface area contributed by atoms with E-state index in [1.54, 1.807) is 0 Å². The Labute approximate surface area is 190 Å². The monoisotopic (exact) mass is 430 g/mol. The maximum absolute atomic E-state index is 11.2. The quantitative estimate of drug-likeness (QED) is 0.547. The van der Waals surface area contributed by atoms with Crippen molar-refractivity contribution < 1.29 is 14.7 Å². The topological polar surface area (TPSA) is 40.5 Å². The van der Waals surface area contributed by atoms with Crippen LogP contribution in [0.4, 0.5) is 0 Å². The Morgan fingerprint density at radius 3 is 2.32 bits per heavy atom. The van der Waals surface area contributed by atoms with Crippen LogP contribution in [-0.2, 0) is 0 Å². The van der Waals surface area contributed by atoms with E-state index in [0.29, 0.717) is 5.92 Å². The molecular formula is C28H48NO2+. The van der Waals surface area contributed by atoms with E-state index in [1.165, 1.54) is 49.7 Å². The largest absolute Gasteiger partial charge is 0.393 e. The SMILES string of the molecule is CC1CCC2C(C)C3CCC4C(CC5C4CC(O)C4CC(O)CCC45C)C3C[N+]2(C)C1. The summed E-state index contributed by atoms with van der Waals surface area (Å²) < 4.78 is 1.36. The van der Waals surface area contributed by atoms with Gasteiger partial charge in [0.1, 0.15) is 0 Å². The Bertz CT molecular complexity index is 711. The van der Waals surface area contributed by atoms with Gasteiger partial charge in [-0.2, -0.15) is 0 Å². The fraction of sp³-hybridized carbons (Fsp3) is 1.00. The zero-order valence-corrected chi connectivity index (χ0v) is 20.5. The molecule has 0 radical (unpaired) electrons. The molecule has 31 heavy (non-hydrogen) atoms. The molecule has 4 saturated carbocycles. The van der Waals surface area contributed by atoms with Crippen LogP contribution < -0.4 is 0 Å². The predicted octanol–water partition coefficient (Wildman–Crippen LogP) is 4.71. The molecule has 14 unspecified atom stereocenters. The Hall–Kier alpha value is -0.120. The van der Waals surface area contributed by atoms with Crippen molar-refractivity contribution in [1.82, 2.24) is 0 Å². The van der Waals surface area contributed by atoms with Gasteiger partial charge in [-0.3, -0.25) is 0 Å². The molecular weight excluding hydrogens is 382 g/mol. The van der Waals surface area contributed by atoms with Gasteiger partial charge >= 0.3 is 0 Å². The summed E-state index contributed by atoms with van der Waals surface area (Å²) in [6.45, 7) is 10.5. The summed E-state index contributed by atoms with van der Waals surface area (Å²) in [7, 11) is 2.61. The second kappa shape index (κ2) is 7.19. The second-order valence-corrected chi connectivity index (χ2v) is 14.0. The lowest BCUT2D eigenvalue weighted by molar-refractivity contribution is -0.955. The molecule has 2 saturated heterocycles. The predicted molar refractivity (Wildman–Crippen MR) is 124 cm³/mol. The number of piperidine rings is 2. The molecule has 6 rings (SSSR count). The summed E-state index contributed by atoms with van der Waals surface area (Å²) in [6, 6.07) is 0.904. The molecule has 0 amide bonds. The highest BCUT2D eigenvalue weighted by atomic mass is 16.3. The van der Waals surface area contributed by atoms with Crippen LogP contribution >= 0.6 is 0 Å². The second-order valence-electron chi connectivity index (χ2n) is 14.0. The van der Waals surface area contributed by atoms with Gasteiger partial charge in [0, 0.05) is 24.2 Å². The number of nitrogens with zero attached hydrogens (tertiary/aromatic N) is 1. The fourth-order valence-corrected chi connectivity index (χ4v) is 11.5. The van der Waals surface area contributed by atoms with Gasteiger partial charge in [0.25, 0.3) is 0 Å². The van der Waals surface area contributed by atoms with E-state index in [1.807, 2.05) is 0 Å². The number of rotatable bonds is 0. The molecule has 3 nitrogen and oxygen atoms in total. The fourth-order valence-electron chi connectivity index (χ4n) is 11.5. The standard InChI is InChI=1S/C28H48NO2/c1-16-5-8-26-17(2)19-6-7-20-21(23(19)15-29(26,4)14-16)12-24-22(20)13-27(31)25-11-18(30)9-10-28(24,25)3/h16-27,30-31H,5-15H2,1-4H3/q+1. The molecule has 6 fully saturated rings. The minimum atomic E-state index is -0.181. The van der Waals surface area contributed by atoms with E-state index in [0.717, 1.165) is 79.1 Å². The first-order valence-electron chi connectivity index (χ1n) is 13.9.